The van der Waals surface area contributed by atoms with Crippen molar-refractivity contribution in [3.8, 4) is 11.8 Å². The Hall–Kier alpha value is -3.26. The van der Waals surface area contributed by atoms with Crippen LogP contribution in [0.5, 0.6) is 11.8 Å². The Morgan fingerprint density at radius 2 is 1.98 bits per heavy atom. The number of piperidine rings is 1. The van der Waals surface area contributed by atoms with Crippen LogP contribution in [0, 0.1) is 11.7 Å². The highest BCUT2D eigenvalue weighted by Gasteiger charge is 2.48. The summed E-state index contributed by atoms with van der Waals surface area (Å²) >= 11 is 0. The topological polar surface area (TPSA) is 123 Å². The molecule has 3 atom stereocenters. The molecule has 3 N–H and O–H groups in total. The predicted molar refractivity (Wildman–Crippen MR) is 179 cm³/mol. The molecule has 5 aliphatic heterocycles. The van der Waals surface area contributed by atoms with Gasteiger partial charge in [-0.3, -0.25) is 4.90 Å². The average molecular weight is 666 g/mol. The van der Waals surface area contributed by atoms with E-state index < -0.39 is 15.7 Å². The first-order valence-electron chi connectivity index (χ1n) is 17.1. The highest BCUT2D eigenvalue weighted by Crippen LogP contribution is 2.43. The van der Waals surface area contributed by atoms with E-state index in [0.29, 0.717) is 63.1 Å². The van der Waals surface area contributed by atoms with Gasteiger partial charge in [0.05, 0.1) is 23.3 Å². The van der Waals surface area contributed by atoms with Gasteiger partial charge in [-0.15, -0.1) is 0 Å². The quantitative estimate of drug-likeness (QED) is 0.362. The minimum Gasteiger partial charge on any atom is -0.508 e. The van der Waals surface area contributed by atoms with Crippen molar-refractivity contribution in [1.82, 2.24) is 24.3 Å². The molecule has 3 aromatic rings. The number of fused-ring (bicyclic) bond motifs is 3. The van der Waals surface area contributed by atoms with Crippen molar-refractivity contribution in [2.24, 2.45) is 5.92 Å². The number of benzene rings is 2. The van der Waals surface area contributed by atoms with Gasteiger partial charge in [0.1, 0.15) is 24.0 Å². The summed E-state index contributed by atoms with van der Waals surface area (Å²) in [6.45, 7) is 9.64. The Balaban J connectivity index is 1.17. The van der Waals surface area contributed by atoms with E-state index in [1.54, 1.807) is 18.2 Å². The Labute approximate surface area is 275 Å². The van der Waals surface area contributed by atoms with Gasteiger partial charge in [-0.05, 0) is 80.5 Å². The summed E-state index contributed by atoms with van der Waals surface area (Å²) in [6.07, 6.45) is 6.11. The van der Waals surface area contributed by atoms with E-state index in [1.807, 2.05) is 6.92 Å². The normalized spacial score (nSPS) is 28.7. The van der Waals surface area contributed by atoms with E-state index >= 15 is 4.39 Å². The molecule has 4 fully saturated rings. The number of aromatic hydroxyl groups is 1. The molecule has 0 saturated carbocycles. The molecule has 0 bridgehead atoms. The van der Waals surface area contributed by atoms with Crippen LogP contribution in [0.3, 0.4) is 0 Å². The molecule has 4 saturated heterocycles. The molecule has 0 amide bonds. The molecule has 0 radical (unpaired) electrons. The number of phenols is 1. The Bertz CT molecular complexity index is 1840. The maximum absolute atomic E-state index is 15.0. The smallest absolute Gasteiger partial charge is 0.318 e. The van der Waals surface area contributed by atoms with Crippen LogP contribution in [0.15, 0.2) is 24.3 Å². The lowest BCUT2D eigenvalue weighted by atomic mass is 9.89. The zero-order valence-corrected chi connectivity index (χ0v) is 28.0. The number of halogens is 1. The van der Waals surface area contributed by atoms with Gasteiger partial charge in [0.25, 0.3) is 10.2 Å². The number of ether oxygens (including phenoxy) is 1. The molecule has 2 aromatic carbocycles. The first-order valence-corrected chi connectivity index (χ1v) is 18.5. The maximum Gasteiger partial charge on any atom is 0.318 e. The number of aryl methyl sites for hydroxylation is 1. The summed E-state index contributed by atoms with van der Waals surface area (Å²) in [5.41, 5.74) is 2.70. The van der Waals surface area contributed by atoms with Crippen LogP contribution >= 0.6 is 0 Å². The lowest BCUT2D eigenvalue weighted by Crippen LogP contribution is -2.57. The molecule has 13 heteroatoms. The molecule has 1 unspecified atom stereocenters. The largest absolute Gasteiger partial charge is 0.508 e. The van der Waals surface area contributed by atoms with Gasteiger partial charge in [0.15, 0.2) is 0 Å². The summed E-state index contributed by atoms with van der Waals surface area (Å²) in [4.78, 5) is 17.0. The van der Waals surface area contributed by atoms with Gasteiger partial charge < -0.3 is 19.6 Å². The first-order chi connectivity index (χ1) is 22.6. The van der Waals surface area contributed by atoms with Crippen LogP contribution in [0.2, 0.25) is 0 Å². The molecule has 11 nitrogen and oxygen atoms in total. The van der Waals surface area contributed by atoms with E-state index in [4.69, 9.17) is 14.7 Å². The highest BCUT2D eigenvalue weighted by atomic mass is 32.2. The number of hydrogen-bond acceptors (Lipinski definition) is 9. The fraction of sp³-hybridized carbons (Fsp3) is 0.588. The van der Waals surface area contributed by atoms with Gasteiger partial charge in [-0.2, -0.15) is 23.1 Å². The van der Waals surface area contributed by atoms with Crippen LogP contribution in [-0.4, -0.2) is 85.3 Å². The zero-order valence-electron chi connectivity index (χ0n) is 27.2. The maximum atomic E-state index is 15.0. The lowest BCUT2D eigenvalue weighted by Gasteiger charge is -2.41. The molecule has 1 spiro atoms. The van der Waals surface area contributed by atoms with E-state index in [1.165, 1.54) is 12.5 Å². The SMILES string of the molecule is CCc1c(F)ccc2cc(O)cc(N3CCc4c(nc(OC[C@@]56CCCN5C[C@H](C)C6)nc4N4CCCC5(CNS(=O)(=O)N5)C4)C3)c12. The molecule has 8 rings (SSSR count). The second kappa shape index (κ2) is 11.4. The van der Waals surface area contributed by atoms with Gasteiger partial charge in [0.2, 0.25) is 0 Å². The molecule has 0 aliphatic carbocycles. The highest BCUT2D eigenvalue weighted by molar-refractivity contribution is 7.87. The van der Waals surface area contributed by atoms with E-state index in [2.05, 4.69) is 31.1 Å². The van der Waals surface area contributed by atoms with Crippen LogP contribution < -0.4 is 24.0 Å². The Morgan fingerprint density at radius 3 is 2.79 bits per heavy atom. The number of rotatable bonds is 6. The number of phenolic OH excluding ortho intramolecular Hbond substituents is 1. The van der Waals surface area contributed by atoms with Gasteiger partial charge in [-0.1, -0.05) is 19.9 Å². The second-order valence-electron chi connectivity index (χ2n) is 14.5. The van der Waals surface area contributed by atoms with Crippen LogP contribution in [0.1, 0.15) is 62.8 Å². The standard InChI is InChI=1S/C34H44FN7O4S/c1-3-25-27(35)7-6-23-14-24(43)15-29(30(23)25)40-13-8-26-28(18-40)37-32(46-21-34-10-5-12-42(34)17-22(2)16-34)38-31(26)41-11-4-9-33(20-41)19-36-47(44,45)39-33/h6-7,14-15,22,36,39,43H,3-5,8-13,16-21H2,1-2H3/t22-,33?,34+/m1/s1. The Kier molecular flexibility index (Phi) is 7.54. The molecule has 6 heterocycles. The molecule has 252 valence electrons. The molecule has 1 aromatic heterocycles. The van der Waals surface area contributed by atoms with Crippen LogP contribution in [-0.2, 0) is 29.6 Å². The van der Waals surface area contributed by atoms with E-state index in [9.17, 15) is 13.5 Å². The molecular weight excluding hydrogens is 621 g/mol. The van der Waals surface area contributed by atoms with Gasteiger partial charge >= 0.3 is 6.01 Å². The van der Waals surface area contributed by atoms with E-state index in [0.717, 1.165) is 78.9 Å². The number of hydrogen-bond donors (Lipinski definition) is 3. The van der Waals surface area contributed by atoms with Gasteiger partial charge in [-0.25, -0.2) is 9.11 Å². The van der Waals surface area contributed by atoms with Crippen LogP contribution in [0.25, 0.3) is 10.8 Å². The lowest BCUT2D eigenvalue weighted by molar-refractivity contribution is 0.107. The number of anilines is 2. The third-order valence-electron chi connectivity index (χ3n) is 11.1. The summed E-state index contributed by atoms with van der Waals surface area (Å²) in [6, 6.07) is 6.96. The Morgan fingerprint density at radius 1 is 1.13 bits per heavy atom. The number of nitrogens with one attached hydrogen (secondary N) is 2. The first kappa shape index (κ1) is 31.0. The summed E-state index contributed by atoms with van der Waals surface area (Å²) < 4.78 is 51.9. The van der Waals surface area contributed by atoms with Crippen molar-refractivity contribution < 1.29 is 22.7 Å². The fourth-order valence-corrected chi connectivity index (χ4v) is 10.5. The summed E-state index contributed by atoms with van der Waals surface area (Å²) in [5, 5.41) is 12.3. The fourth-order valence-electron chi connectivity index (χ4n) is 9.14. The molecular formula is C34H44FN7O4S. The van der Waals surface area contributed by atoms with Crippen molar-refractivity contribution in [1.29, 1.82) is 0 Å². The third-order valence-corrected chi connectivity index (χ3v) is 12.4. The van der Waals surface area contributed by atoms with Crippen LogP contribution in [0.4, 0.5) is 15.9 Å². The number of nitrogens with zero attached hydrogens (tertiary/aromatic N) is 5. The minimum atomic E-state index is -3.53. The van der Waals surface area contributed by atoms with Gasteiger partial charge in [0, 0.05) is 55.4 Å². The van der Waals surface area contributed by atoms with Crippen molar-refractivity contribution in [2.45, 2.75) is 76.4 Å². The van der Waals surface area contributed by atoms with Crippen molar-refractivity contribution >= 4 is 32.5 Å². The molecule has 5 aliphatic rings. The number of aromatic nitrogens is 2. The van der Waals surface area contributed by atoms with Crippen molar-refractivity contribution in [2.75, 3.05) is 55.7 Å². The zero-order chi connectivity index (χ0) is 32.6. The average Bonchev–Trinajstić information content (AvgIpc) is 3.67. The second-order valence-corrected chi connectivity index (χ2v) is 16.0. The van der Waals surface area contributed by atoms with Crippen molar-refractivity contribution in [3.63, 3.8) is 0 Å². The summed E-state index contributed by atoms with van der Waals surface area (Å²) in [7, 11) is -3.53. The molecule has 47 heavy (non-hydrogen) atoms. The van der Waals surface area contributed by atoms with E-state index in [-0.39, 0.29) is 17.1 Å². The minimum absolute atomic E-state index is 0.00889. The third kappa shape index (κ3) is 5.48. The van der Waals surface area contributed by atoms with Crippen molar-refractivity contribution in [3.05, 3.63) is 46.9 Å². The monoisotopic (exact) mass is 665 g/mol. The summed E-state index contributed by atoms with van der Waals surface area (Å²) in [5.74, 6) is 1.31. The predicted octanol–water partition coefficient (Wildman–Crippen LogP) is 3.63.